The molecule has 115 heavy (non-hydrogen) atoms. The normalized spacial score (nSPS) is 17.3. The number of hydroxylamine groups is 2. The molecular formula is C69H126F6N10O25S4Si. The van der Waals surface area contributed by atoms with Gasteiger partial charge in [0.1, 0.15) is 47.9 Å². The number of carbonyl (C=O) groups excluding carboxylic acids is 9. The van der Waals surface area contributed by atoms with Gasteiger partial charge in [-0.15, -0.1) is 38.0 Å². The van der Waals surface area contributed by atoms with Gasteiger partial charge in [-0.2, -0.15) is 26.3 Å². The minimum atomic E-state index is -5.28. The average Bonchev–Trinajstić information content (AvgIpc) is 1.67. The van der Waals surface area contributed by atoms with Crippen molar-refractivity contribution in [3.05, 3.63) is 63.3 Å². The third-order valence-electron chi connectivity index (χ3n) is 12.9. The molecule has 2 unspecified atom stereocenters. The maximum absolute atomic E-state index is 12.4. The van der Waals surface area contributed by atoms with Crippen LogP contribution in [0, 0.1) is 0 Å². The minimum absolute atomic E-state index is 0.0195. The van der Waals surface area contributed by atoms with Crippen LogP contribution in [0.25, 0.3) is 0 Å². The third kappa shape index (κ3) is 61.1. The van der Waals surface area contributed by atoms with Crippen molar-refractivity contribution in [1.82, 2.24) is 36.1 Å². The molecule has 0 saturated carbocycles. The number of carboxylic acid groups (broad SMARTS) is 1. The van der Waals surface area contributed by atoms with Crippen LogP contribution >= 0.6 is 0 Å². The number of aliphatic hydroxyl groups excluding tert-OH is 2. The molecule has 14 N–H and O–H groups in total. The topological polar surface area (TPSA) is 509 Å². The van der Waals surface area contributed by atoms with Crippen molar-refractivity contribution in [2.75, 3.05) is 66.8 Å². The summed E-state index contributed by atoms with van der Waals surface area (Å²) in [6.07, 6.45) is 9.66. The Bertz CT molecular complexity index is 3280. The summed E-state index contributed by atoms with van der Waals surface area (Å²) in [5.41, 5.74) is 0.943. The molecule has 3 aliphatic rings. The van der Waals surface area contributed by atoms with Crippen LogP contribution in [0.2, 0.25) is 19.6 Å². The van der Waals surface area contributed by atoms with Gasteiger partial charge in [0.25, 0.3) is 17.7 Å². The fourth-order valence-electron chi connectivity index (χ4n) is 7.82. The fraction of sp³-hybridized carbons (Fsp3) is 0.710. The zero-order chi connectivity index (χ0) is 91.9. The molecule has 3 heterocycles. The van der Waals surface area contributed by atoms with Gasteiger partial charge in [0.15, 0.2) is 12.3 Å². The van der Waals surface area contributed by atoms with Crippen LogP contribution in [-0.2, 0) is 115 Å². The van der Waals surface area contributed by atoms with Gasteiger partial charge in [-0.3, -0.25) is 33.0 Å². The summed E-state index contributed by atoms with van der Waals surface area (Å²) >= 11 is 6.91. The molecule has 3 rings (SSSR count). The number of aliphatic hydroxyl groups is 2. The number of ether oxygens (including phenoxy) is 7. The minimum Gasteiger partial charge on any atom is -0.763 e. The zero-order valence-corrected chi connectivity index (χ0v) is 73.8. The Morgan fingerprint density at radius 2 is 0.991 bits per heavy atom. The van der Waals surface area contributed by atoms with E-state index in [1.165, 1.54) is 19.6 Å². The number of nitrogens with one attached hydrogen (secondary N) is 4. The van der Waals surface area contributed by atoms with E-state index in [0.717, 1.165) is 6.42 Å². The Morgan fingerprint density at radius 3 is 1.26 bits per heavy atom. The number of rotatable bonds is 27. The highest BCUT2D eigenvalue weighted by molar-refractivity contribution is 8.31. The zero-order valence-electron chi connectivity index (χ0n) is 69.6. The van der Waals surface area contributed by atoms with Crippen LogP contribution in [-0.4, -0.2) is 253 Å². The first-order valence-electron chi connectivity index (χ1n) is 35.0. The number of quaternary nitrogens is 1. The van der Waals surface area contributed by atoms with E-state index in [1.54, 1.807) is 111 Å². The van der Waals surface area contributed by atoms with Crippen LogP contribution in [0.3, 0.4) is 0 Å². The molecule has 3 saturated heterocycles. The van der Waals surface area contributed by atoms with Crippen molar-refractivity contribution in [3.63, 3.8) is 0 Å². The molecule has 0 aromatic rings. The monoisotopic (exact) mass is 1760 g/mol. The number of hydrogen-bond donors (Lipinski definition) is 10. The van der Waals surface area contributed by atoms with Gasteiger partial charge in [0.05, 0.1) is 59.7 Å². The van der Waals surface area contributed by atoms with E-state index in [0.29, 0.717) is 44.0 Å². The molecular weight excluding hydrogens is 1640 g/mol. The van der Waals surface area contributed by atoms with Crippen molar-refractivity contribution in [3.8, 4) is 0 Å². The summed E-state index contributed by atoms with van der Waals surface area (Å²) in [5, 5.41) is 35.4. The first kappa shape index (κ1) is 119. The number of aliphatic carboxylic acids is 1. The molecule has 7 atom stereocenters. The SMILES string of the molecule is C=CC[C@@H](CO)NC(=O)CNC(=O)OC(C)(C)C.C=CC[C@H](N)CC(=O)O.C=CC[C@H](N)CO.C=CC[C@H]1COC(C)(C)N1C(=O)CNC(=O)OC(C)(C)C.C=CC[C@H]1COC(C)(C)N1C(=O)C[NH3+].CC(C)(C)OC(=O)NCC(=O)ON1C(=O)CCC1=O.COC(C)(C)OC.C[Si](C)(C)OS(=O)(=S)C(F)(F)F.O=S([O-])(=S)C(F)(F)F. The molecule has 0 bridgehead atoms. The van der Waals surface area contributed by atoms with Gasteiger partial charge in [0.2, 0.25) is 28.9 Å². The molecule has 0 spiro atoms. The molecule has 35 nitrogen and oxygen atoms in total. The van der Waals surface area contributed by atoms with Crippen LogP contribution in [0.1, 0.15) is 155 Å². The predicted molar refractivity (Wildman–Crippen MR) is 424 cm³/mol. The highest BCUT2D eigenvalue weighted by atomic mass is 32.8. The fourth-order valence-corrected chi connectivity index (χ4v) is 12.7. The smallest absolute Gasteiger partial charge is 0.496 e. The second-order valence-electron chi connectivity index (χ2n) is 29.4. The molecule has 0 aliphatic carbocycles. The van der Waals surface area contributed by atoms with E-state index >= 15 is 0 Å². The van der Waals surface area contributed by atoms with E-state index in [2.05, 4.69) is 91.0 Å². The van der Waals surface area contributed by atoms with Gasteiger partial charge in [-0.1, -0.05) is 30.4 Å². The number of alkyl carbamates (subject to hydrolysis) is 3. The average molecular weight is 1770 g/mol. The number of carbonyl (C=O) groups is 10. The molecule has 3 aliphatic heterocycles. The van der Waals surface area contributed by atoms with Crippen molar-refractivity contribution in [2.45, 2.75) is 250 Å². The van der Waals surface area contributed by atoms with Gasteiger partial charge >= 0.3 is 41.2 Å². The number of imide groups is 1. The van der Waals surface area contributed by atoms with Crippen LogP contribution in [0.15, 0.2) is 63.3 Å². The van der Waals surface area contributed by atoms with Crippen molar-refractivity contribution in [2.24, 2.45) is 11.5 Å². The van der Waals surface area contributed by atoms with E-state index < -0.39 is 119 Å². The van der Waals surface area contributed by atoms with E-state index in [4.69, 9.17) is 59.9 Å². The second-order valence-corrected chi connectivity index (χ2v) is 39.7. The van der Waals surface area contributed by atoms with Gasteiger partial charge in [-0.05, 0) is 167 Å². The number of nitrogens with two attached hydrogens (primary N) is 2. The van der Waals surface area contributed by atoms with Gasteiger partial charge < -0.3 is 110 Å². The molecule has 8 amide bonds. The van der Waals surface area contributed by atoms with E-state index in [9.17, 15) is 87.3 Å². The number of nitrogens with zero attached hydrogens (tertiary/aromatic N) is 3. The maximum Gasteiger partial charge on any atom is 0.496 e. The van der Waals surface area contributed by atoms with E-state index in [1.807, 2.05) is 47.6 Å². The Labute approximate surface area is 682 Å². The van der Waals surface area contributed by atoms with Gasteiger partial charge in [-0.25, -0.2) is 23.4 Å². The summed E-state index contributed by atoms with van der Waals surface area (Å²) in [6, 6.07) is -0.699. The van der Waals surface area contributed by atoms with E-state index in [-0.39, 0.29) is 100 Å². The van der Waals surface area contributed by atoms with Crippen LogP contribution < -0.4 is 38.5 Å². The van der Waals surface area contributed by atoms with Crippen LogP contribution in [0.5, 0.6) is 0 Å². The van der Waals surface area contributed by atoms with Crippen LogP contribution in [0.4, 0.5) is 40.7 Å². The van der Waals surface area contributed by atoms with Crippen molar-refractivity contribution >= 4 is 108 Å². The highest BCUT2D eigenvalue weighted by Crippen LogP contribution is 2.31. The number of hydrogen-bond acceptors (Lipinski definition) is 28. The first-order valence-corrected chi connectivity index (χ1v) is 43.2. The molecule has 46 heteroatoms. The Morgan fingerprint density at radius 1 is 0.635 bits per heavy atom. The Hall–Kier alpha value is -6.90. The molecule has 3 fully saturated rings. The Kier molecular flexibility index (Phi) is 57.6. The number of amides is 8. The summed E-state index contributed by atoms with van der Waals surface area (Å²) < 4.78 is 138. The molecule has 672 valence electrons. The van der Waals surface area contributed by atoms with Gasteiger partial charge in [0, 0.05) is 50.3 Å². The largest absolute Gasteiger partial charge is 0.763 e. The third-order valence-corrected chi connectivity index (χ3v) is 18.6. The highest BCUT2D eigenvalue weighted by Gasteiger charge is 2.47. The Balaban J connectivity index is -0.000000298. The lowest BCUT2D eigenvalue weighted by Gasteiger charge is -2.33. The summed E-state index contributed by atoms with van der Waals surface area (Å²) in [6.45, 7) is 49.4. The molecule has 0 aromatic carbocycles. The summed E-state index contributed by atoms with van der Waals surface area (Å²) in [7, 11) is -9.09. The maximum atomic E-state index is 12.4. The van der Waals surface area contributed by atoms with Crippen molar-refractivity contribution < 1.29 is 150 Å². The number of alkyl halides is 6. The lowest BCUT2D eigenvalue weighted by molar-refractivity contribution is -0.358. The lowest BCUT2D eigenvalue weighted by Crippen LogP contribution is -2.61. The number of methoxy groups -OCH3 is 2. The van der Waals surface area contributed by atoms with Crippen molar-refractivity contribution in [1.29, 1.82) is 0 Å². The summed E-state index contributed by atoms with van der Waals surface area (Å²) in [5.74, 6) is -3.89. The second kappa shape index (κ2) is 55.7. The summed E-state index contributed by atoms with van der Waals surface area (Å²) in [4.78, 5) is 121. The number of halogens is 6. The molecule has 0 radical (unpaired) electrons. The first-order chi connectivity index (χ1) is 51.9. The predicted octanol–water partition coefficient (Wildman–Crippen LogP) is 6.17. The standard InChI is InChI=1S/C15H26N2O4.C12H22N2O4.C11H16N2O6.C10H18N2O2.C6H11NO2.C5H11NO.C5H12O2.C4H9F3O2S2Si.CHF3O2S2/c1-7-8-11-10-20-15(5,6)17(11)12(18)9-16-13(19)21-14(2,3)4;1-5-6-9(8-15)14-10(16)7-13-11(17)18-12(2,3)4;1-11(2,3)18-10(17)12-6-9(16)19-13-7(14)4-5-8(13)15;1-4-5-8-7-14-10(2,3)12(8)9(13)6-11;1-2-3-5(7)4-6(8)9;1-2-3-5(6)4-7;1-5(2,6-3)7-4;1-12(2,3)9-11(8,10)4(5,6)7;2-1(3,4)8(5,6)7/h7,11H,1,8-10H2,2-6H3,(H,16,19);5,9,15H,1,6-8H2,2-4H3,(H,13,17)(H,14,16);4-6H2,1-3H3,(H,12,17);4,8H,1,5-7,11H2,2-3H3;2,5H,1,3-4,7H2,(H,8,9);2,5,7H,1,3-4,6H2;1-4H3;1-3H3;(H,5,6,7)/t11-;9-;;8-;2*5-;;;/m00.000.../s1. The quantitative estimate of drug-likeness (QED) is 0.0110. The number of carboxylic acids is 1. The molecule has 0 aromatic heterocycles. The lowest BCUT2D eigenvalue weighted by atomic mass is 10.1.